The molecule has 3 nitrogen and oxygen atoms in total. The molecule has 1 saturated carbocycles. The zero-order chi connectivity index (χ0) is 13.0. The van der Waals surface area contributed by atoms with Crippen molar-refractivity contribution in [2.45, 2.75) is 31.8 Å². The van der Waals surface area contributed by atoms with Gasteiger partial charge in [0.2, 0.25) is 0 Å². The van der Waals surface area contributed by atoms with Crippen LogP contribution >= 0.6 is 15.9 Å². The van der Waals surface area contributed by atoms with Gasteiger partial charge < -0.3 is 9.84 Å². The van der Waals surface area contributed by atoms with Gasteiger partial charge in [0.05, 0.1) is 11.7 Å². The van der Waals surface area contributed by atoms with Crippen LogP contribution < -0.4 is 4.74 Å². The fraction of sp³-hybridized carbons (Fsp3) is 0.500. The van der Waals surface area contributed by atoms with E-state index in [9.17, 15) is 0 Å². The summed E-state index contributed by atoms with van der Waals surface area (Å²) < 4.78 is 6.68. The SMILES string of the molecule is N#Cc1ccc(OC2CCC(CO)CC2)cc1Br. The van der Waals surface area contributed by atoms with Crippen LogP contribution in [0.1, 0.15) is 31.2 Å². The van der Waals surface area contributed by atoms with E-state index in [1.807, 2.05) is 12.1 Å². The van der Waals surface area contributed by atoms with Crippen LogP contribution in [0.25, 0.3) is 0 Å². The smallest absolute Gasteiger partial charge is 0.120 e. The molecule has 0 atom stereocenters. The van der Waals surface area contributed by atoms with Gasteiger partial charge in [0.15, 0.2) is 0 Å². The summed E-state index contributed by atoms with van der Waals surface area (Å²) in [4.78, 5) is 0. The first-order chi connectivity index (χ1) is 8.72. The number of hydrogen-bond acceptors (Lipinski definition) is 3. The molecule has 0 radical (unpaired) electrons. The summed E-state index contributed by atoms with van der Waals surface area (Å²) in [5.74, 6) is 1.24. The zero-order valence-electron chi connectivity index (χ0n) is 10.1. The molecule has 0 unspecified atom stereocenters. The van der Waals surface area contributed by atoms with Crippen molar-refractivity contribution in [2.75, 3.05) is 6.61 Å². The molecule has 0 bridgehead atoms. The number of benzene rings is 1. The summed E-state index contributed by atoms with van der Waals surface area (Å²) in [7, 11) is 0. The standard InChI is InChI=1S/C14H16BrNO2/c15-14-7-13(6-3-11(14)8-16)18-12-4-1-10(9-17)2-5-12/h3,6-7,10,12,17H,1-2,4-5,9H2. The summed E-state index contributed by atoms with van der Waals surface area (Å²) in [5.41, 5.74) is 0.617. The number of nitriles is 1. The van der Waals surface area contributed by atoms with Gasteiger partial charge in [0, 0.05) is 11.1 Å². The molecule has 1 aliphatic carbocycles. The highest BCUT2D eigenvalue weighted by Gasteiger charge is 2.21. The Balaban J connectivity index is 1.94. The molecule has 2 rings (SSSR count). The van der Waals surface area contributed by atoms with Crippen LogP contribution in [-0.2, 0) is 0 Å². The second kappa shape index (κ2) is 6.21. The Hall–Kier alpha value is -1.05. The number of ether oxygens (including phenoxy) is 1. The van der Waals surface area contributed by atoms with Crippen molar-refractivity contribution < 1.29 is 9.84 Å². The van der Waals surface area contributed by atoms with Crippen molar-refractivity contribution in [3.63, 3.8) is 0 Å². The molecular formula is C14H16BrNO2. The molecule has 0 heterocycles. The lowest BCUT2D eigenvalue weighted by Crippen LogP contribution is -2.25. The molecule has 0 amide bonds. The summed E-state index contributed by atoms with van der Waals surface area (Å²) in [6, 6.07) is 7.55. The molecular weight excluding hydrogens is 294 g/mol. The van der Waals surface area contributed by atoms with Crippen LogP contribution in [0.5, 0.6) is 5.75 Å². The fourth-order valence-corrected chi connectivity index (χ4v) is 2.73. The predicted octanol–water partition coefficient (Wildman–Crippen LogP) is 3.25. The Morgan fingerprint density at radius 2 is 2.06 bits per heavy atom. The highest BCUT2D eigenvalue weighted by molar-refractivity contribution is 9.10. The van der Waals surface area contributed by atoms with Gasteiger partial charge in [0.25, 0.3) is 0 Å². The Labute approximate surface area is 116 Å². The van der Waals surface area contributed by atoms with E-state index in [1.54, 1.807) is 6.07 Å². The number of hydrogen-bond donors (Lipinski definition) is 1. The number of aliphatic hydroxyl groups is 1. The largest absolute Gasteiger partial charge is 0.490 e. The van der Waals surface area contributed by atoms with E-state index in [0.717, 1.165) is 35.9 Å². The molecule has 0 spiro atoms. The minimum absolute atomic E-state index is 0.229. The van der Waals surface area contributed by atoms with Crippen molar-refractivity contribution >= 4 is 15.9 Å². The summed E-state index contributed by atoms with van der Waals surface area (Å²) in [6.07, 6.45) is 4.26. The van der Waals surface area contributed by atoms with E-state index in [4.69, 9.17) is 15.1 Å². The first kappa shape index (κ1) is 13.4. The second-order valence-corrected chi connectivity index (χ2v) is 5.55. The van der Waals surface area contributed by atoms with Crippen molar-refractivity contribution in [3.8, 4) is 11.8 Å². The van der Waals surface area contributed by atoms with Crippen LogP contribution in [0.2, 0.25) is 0 Å². The molecule has 18 heavy (non-hydrogen) atoms. The number of aliphatic hydroxyl groups excluding tert-OH is 1. The van der Waals surface area contributed by atoms with Gasteiger partial charge in [-0.2, -0.15) is 5.26 Å². The van der Waals surface area contributed by atoms with E-state index in [-0.39, 0.29) is 12.7 Å². The quantitative estimate of drug-likeness (QED) is 0.932. The number of rotatable bonds is 3. The minimum atomic E-state index is 0.229. The maximum atomic E-state index is 9.08. The average molecular weight is 310 g/mol. The van der Waals surface area contributed by atoms with Crippen LogP contribution in [-0.4, -0.2) is 17.8 Å². The van der Waals surface area contributed by atoms with Gasteiger partial charge in [-0.3, -0.25) is 0 Å². The Morgan fingerprint density at radius 3 is 2.61 bits per heavy atom. The molecule has 1 aliphatic rings. The van der Waals surface area contributed by atoms with E-state index in [2.05, 4.69) is 22.0 Å². The summed E-state index contributed by atoms with van der Waals surface area (Å²) in [5, 5.41) is 17.9. The lowest BCUT2D eigenvalue weighted by Gasteiger charge is -2.27. The molecule has 0 aliphatic heterocycles. The maximum absolute atomic E-state index is 9.08. The van der Waals surface area contributed by atoms with Crippen LogP contribution in [0.4, 0.5) is 0 Å². The first-order valence-electron chi connectivity index (χ1n) is 6.20. The predicted molar refractivity (Wildman–Crippen MR) is 72.3 cm³/mol. The molecule has 0 aromatic heterocycles. The van der Waals surface area contributed by atoms with Crippen LogP contribution in [0.15, 0.2) is 22.7 Å². The molecule has 0 saturated heterocycles. The van der Waals surface area contributed by atoms with Crippen LogP contribution in [0.3, 0.4) is 0 Å². The lowest BCUT2D eigenvalue weighted by molar-refractivity contribution is 0.104. The number of nitrogens with zero attached hydrogens (tertiary/aromatic N) is 1. The van der Waals surface area contributed by atoms with Gasteiger partial charge in [-0.25, -0.2) is 0 Å². The van der Waals surface area contributed by atoms with Crippen LogP contribution in [0, 0.1) is 17.2 Å². The topological polar surface area (TPSA) is 53.2 Å². The average Bonchev–Trinajstić information content (AvgIpc) is 2.40. The van der Waals surface area contributed by atoms with Crippen molar-refractivity contribution in [1.82, 2.24) is 0 Å². The Kier molecular flexibility index (Phi) is 4.62. The van der Waals surface area contributed by atoms with Gasteiger partial charge in [-0.15, -0.1) is 0 Å². The van der Waals surface area contributed by atoms with Gasteiger partial charge in [0.1, 0.15) is 11.8 Å². The van der Waals surface area contributed by atoms with E-state index < -0.39 is 0 Å². The van der Waals surface area contributed by atoms with Crippen molar-refractivity contribution in [1.29, 1.82) is 5.26 Å². The number of halogens is 1. The zero-order valence-corrected chi connectivity index (χ0v) is 11.7. The van der Waals surface area contributed by atoms with Gasteiger partial charge >= 0.3 is 0 Å². The molecule has 1 N–H and O–H groups in total. The maximum Gasteiger partial charge on any atom is 0.120 e. The summed E-state index contributed by atoms with van der Waals surface area (Å²) >= 11 is 3.36. The Morgan fingerprint density at radius 1 is 1.33 bits per heavy atom. The van der Waals surface area contributed by atoms with Crippen molar-refractivity contribution in [3.05, 3.63) is 28.2 Å². The molecule has 96 valence electrons. The minimum Gasteiger partial charge on any atom is -0.490 e. The third-order valence-electron chi connectivity index (χ3n) is 3.42. The molecule has 1 aromatic carbocycles. The second-order valence-electron chi connectivity index (χ2n) is 4.70. The van der Waals surface area contributed by atoms with Gasteiger partial charge in [-0.05, 0) is 65.7 Å². The highest BCUT2D eigenvalue weighted by Crippen LogP contribution is 2.29. The highest BCUT2D eigenvalue weighted by atomic mass is 79.9. The summed E-state index contributed by atoms with van der Waals surface area (Å²) in [6.45, 7) is 0.287. The monoisotopic (exact) mass is 309 g/mol. The third kappa shape index (κ3) is 3.24. The van der Waals surface area contributed by atoms with E-state index in [0.29, 0.717) is 11.5 Å². The molecule has 4 heteroatoms. The van der Waals surface area contributed by atoms with Crippen molar-refractivity contribution in [2.24, 2.45) is 5.92 Å². The molecule has 1 aromatic rings. The Bertz CT molecular complexity index is 448. The van der Waals surface area contributed by atoms with E-state index >= 15 is 0 Å². The van der Waals surface area contributed by atoms with E-state index in [1.165, 1.54) is 0 Å². The third-order valence-corrected chi connectivity index (χ3v) is 4.07. The normalized spacial score (nSPS) is 23.4. The lowest BCUT2D eigenvalue weighted by atomic mass is 9.88. The van der Waals surface area contributed by atoms with Gasteiger partial charge in [-0.1, -0.05) is 0 Å². The molecule has 1 fully saturated rings. The first-order valence-corrected chi connectivity index (χ1v) is 6.99. The fourth-order valence-electron chi connectivity index (χ4n) is 2.28.